The molecule has 1 heterocycles. The number of carbonyl (C=O) groups excluding carboxylic acids is 2. The van der Waals surface area contributed by atoms with Crippen molar-refractivity contribution in [2.45, 2.75) is 25.8 Å². The summed E-state index contributed by atoms with van der Waals surface area (Å²) in [7, 11) is 0. The molecule has 132 valence electrons. The van der Waals surface area contributed by atoms with Crippen LogP contribution in [0.15, 0.2) is 18.3 Å². The van der Waals surface area contributed by atoms with Gasteiger partial charge in [0.1, 0.15) is 6.54 Å². The molecule has 0 unspecified atom stereocenters. The number of carbonyl (C=O) groups is 2. The predicted molar refractivity (Wildman–Crippen MR) is 96.1 cm³/mol. The topological polar surface area (TPSA) is 88.9 Å². The van der Waals surface area contributed by atoms with Crippen LogP contribution in [0.25, 0.3) is 0 Å². The SMILES string of the molecule is O=C(Cn1cc(NC(=O)C2CCC2)nn1)Nc1c(Cl)cc(Cl)cc1Cl. The molecule has 0 aliphatic heterocycles. The average molecular weight is 403 g/mol. The molecule has 0 radical (unpaired) electrons. The Morgan fingerprint density at radius 3 is 2.44 bits per heavy atom. The number of rotatable bonds is 5. The van der Waals surface area contributed by atoms with Crippen LogP contribution in [0.4, 0.5) is 11.5 Å². The molecular formula is C15H14Cl3N5O2. The lowest BCUT2D eigenvalue weighted by molar-refractivity contribution is -0.122. The number of aromatic nitrogens is 3. The monoisotopic (exact) mass is 401 g/mol. The molecule has 25 heavy (non-hydrogen) atoms. The average Bonchev–Trinajstić information content (AvgIpc) is 2.87. The van der Waals surface area contributed by atoms with Gasteiger partial charge < -0.3 is 10.6 Å². The van der Waals surface area contributed by atoms with Crippen molar-refractivity contribution in [3.05, 3.63) is 33.4 Å². The molecule has 0 atom stereocenters. The largest absolute Gasteiger partial charge is 0.322 e. The van der Waals surface area contributed by atoms with E-state index in [1.165, 1.54) is 23.0 Å². The van der Waals surface area contributed by atoms with E-state index in [1.54, 1.807) is 0 Å². The first-order valence-corrected chi connectivity index (χ1v) is 8.71. The Morgan fingerprint density at radius 1 is 1.16 bits per heavy atom. The molecule has 0 spiro atoms. The normalized spacial score (nSPS) is 14.0. The standard InChI is InChI=1S/C15H14Cl3N5O2/c16-9-4-10(17)14(11(18)5-9)20-13(24)7-23-6-12(21-22-23)19-15(25)8-2-1-3-8/h4-6,8H,1-3,7H2,(H,19,25)(H,20,24). The first kappa shape index (κ1) is 18.0. The van der Waals surface area contributed by atoms with E-state index in [4.69, 9.17) is 34.8 Å². The Bertz CT molecular complexity index is 796. The Balaban J connectivity index is 1.59. The van der Waals surface area contributed by atoms with E-state index in [1.807, 2.05) is 0 Å². The number of halogens is 3. The fraction of sp³-hybridized carbons (Fsp3) is 0.333. The van der Waals surface area contributed by atoms with Crippen LogP contribution in [0.5, 0.6) is 0 Å². The van der Waals surface area contributed by atoms with Gasteiger partial charge in [0.15, 0.2) is 5.82 Å². The molecule has 0 saturated heterocycles. The van der Waals surface area contributed by atoms with Crippen LogP contribution >= 0.6 is 34.8 Å². The molecule has 2 N–H and O–H groups in total. The number of nitrogens with one attached hydrogen (secondary N) is 2. The van der Waals surface area contributed by atoms with Crippen molar-refractivity contribution in [3.63, 3.8) is 0 Å². The second kappa shape index (κ2) is 7.59. The van der Waals surface area contributed by atoms with Gasteiger partial charge in [-0.15, -0.1) is 5.10 Å². The molecule has 1 saturated carbocycles. The van der Waals surface area contributed by atoms with Gasteiger partial charge in [0.25, 0.3) is 0 Å². The summed E-state index contributed by atoms with van der Waals surface area (Å²) < 4.78 is 1.31. The first-order valence-electron chi connectivity index (χ1n) is 7.58. The van der Waals surface area contributed by atoms with E-state index in [0.29, 0.717) is 10.8 Å². The third-order valence-electron chi connectivity index (χ3n) is 3.84. The summed E-state index contributed by atoms with van der Waals surface area (Å²) in [5.74, 6) is -0.106. The van der Waals surface area contributed by atoms with Crippen molar-refractivity contribution in [2.75, 3.05) is 10.6 Å². The summed E-state index contributed by atoms with van der Waals surface area (Å²) >= 11 is 17.9. The molecule has 10 heteroatoms. The van der Waals surface area contributed by atoms with Gasteiger partial charge in [-0.1, -0.05) is 46.4 Å². The molecule has 1 aromatic heterocycles. The van der Waals surface area contributed by atoms with Crippen LogP contribution in [-0.2, 0) is 16.1 Å². The number of nitrogens with zero attached hydrogens (tertiary/aromatic N) is 3. The van der Waals surface area contributed by atoms with Crippen LogP contribution < -0.4 is 10.6 Å². The highest BCUT2D eigenvalue weighted by atomic mass is 35.5. The van der Waals surface area contributed by atoms with Crippen LogP contribution in [-0.4, -0.2) is 26.8 Å². The molecule has 1 fully saturated rings. The highest BCUT2D eigenvalue weighted by molar-refractivity contribution is 6.42. The minimum absolute atomic E-state index is 0.0441. The second-order valence-electron chi connectivity index (χ2n) is 5.71. The summed E-state index contributed by atoms with van der Waals surface area (Å²) in [6.45, 7) is -0.110. The quantitative estimate of drug-likeness (QED) is 0.799. The van der Waals surface area contributed by atoms with Gasteiger partial charge in [0.2, 0.25) is 11.8 Å². The Hall–Kier alpha value is -1.83. The third-order valence-corrected chi connectivity index (χ3v) is 4.66. The smallest absolute Gasteiger partial charge is 0.246 e. The van der Waals surface area contributed by atoms with E-state index >= 15 is 0 Å². The summed E-state index contributed by atoms with van der Waals surface area (Å²) in [6, 6.07) is 2.96. The number of benzene rings is 1. The van der Waals surface area contributed by atoms with Crippen molar-refractivity contribution in [1.29, 1.82) is 0 Å². The highest BCUT2D eigenvalue weighted by Gasteiger charge is 2.25. The maximum Gasteiger partial charge on any atom is 0.246 e. The fourth-order valence-corrected chi connectivity index (χ4v) is 3.23. The number of hydrogen-bond acceptors (Lipinski definition) is 4. The van der Waals surface area contributed by atoms with E-state index in [-0.39, 0.29) is 34.1 Å². The second-order valence-corrected chi connectivity index (χ2v) is 6.96. The molecule has 3 rings (SSSR count). The minimum atomic E-state index is -0.395. The molecule has 1 aromatic carbocycles. The van der Waals surface area contributed by atoms with Crippen molar-refractivity contribution in [1.82, 2.24) is 15.0 Å². The molecule has 1 aliphatic rings. The maximum absolute atomic E-state index is 12.1. The molecular weight excluding hydrogens is 389 g/mol. The molecule has 1 aliphatic carbocycles. The number of amides is 2. The van der Waals surface area contributed by atoms with E-state index < -0.39 is 5.91 Å². The van der Waals surface area contributed by atoms with Crippen molar-refractivity contribution in [2.24, 2.45) is 5.92 Å². The van der Waals surface area contributed by atoms with Crippen LogP contribution in [0, 0.1) is 5.92 Å². The van der Waals surface area contributed by atoms with Crippen LogP contribution in [0.3, 0.4) is 0 Å². The van der Waals surface area contributed by atoms with Gasteiger partial charge in [-0.25, -0.2) is 4.68 Å². The summed E-state index contributed by atoms with van der Waals surface area (Å²) in [4.78, 5) is 24.0. The van der Waals surface area contributed by atoms with Gasteiger partial charge in [-0.3, -0.25) is 9.59 Å². The molecule has 2 aromatic rings. The maximum atomic E-state index is 12.1. The number of anilines is 2. The van der Waals surface area contributed by atoms with Crippen molar-refractivity contribution < 1.29 is 9.59 Å². The Labute approximate surface area is 158 Å². The minimum Gasteiger partial charge on any atom is -0.322 e. The summed E-state index contributed by atoms with van der Waals surface area (Å²) in [6.07, 6.45) is 4.35. The van der Waals surface area contributed by atoms with Gasteiger partial charge in [-0.05, 0) is 25.0 Å². The first-order chi connectivity index (χ1) is 11.9. The third kappa shape index (κ3) is 4.42. The lowest BCUT2D eigenvalue weighted by Gasteiger charge is -2.23. The summed E-state index contributed by atoms with van der Waals surface area (Å²) in [5.41, 5.74) is 0.274. The predicted octanol–water partition coefficient (Wildman–Crippen LogP) is 3.62. The van der Waals surface area contributed by atoms with Crippen molar-refractivity contribution in [3.8, 4) is 0 Å². The van der Waals surface area contributed by atoms with Gasteiger partial charge in [0, 0.05) is 10.9 Å². The van der Waals surface area contributed by atoms with Gasteiger partial charge in [0.05, 0.1) is 21.9 Å². The zero-order valence-corrected chi connectivity index (χ0v) is 15.2. The van der Waals surface area contributed by atoms with Crippen LogP contribution in [0.2, 0.25) is 15.1 Å². The zero-order valence-electron chi connectivity index (χ0n) is 12.9. The van der Waals surface area contributed by atoms with E-state index in [9.17, 15) is 9.59 Å². The molecule has 0 bridgehead atoms. The lowest BCUT2D eigenvalue weighted by Crippen LogP contribution is -2.28. The molecule has 7 nitrogen and oxygen atoms in total. The fourth-order valence-electron chi connectivity index (χ4n) is 2.32. The Kier molecular flexibility index (Phi) is 5.46. The van der Waals surface area contributed by atoms with Crippen molar-refractivity contribution >= 4 is 58.1 Å². The molecule has 2 amide bonds. The lowest BCUT2D eigenvalue weighted by atomic mass is 9.85. The van der Waals surface area contributed by atoms with Crippen LogP contribution in [0.1, 0.15) is 19.3 Å². The van der Waals surface area contributed by atoms with Gasteiger partial charge in [-0.2, -0.15) is 0 Å². The van der Waals surface area contributed by atoms with E-state index in [2.05, 4.69) is 20.9 Å². The Morgan fingerprint density at radius 2 is 1.84 bits per heavy atom. The van der Waals surface area contributed by atoms with E-state index in [0.717, 1.165) is 19.3 Å². The summed E-state index contributed by atoms with van der Waals surface area (Å²) in [5, 5.41) is 13.8. The number of hydrogen-bond donors (Lipinski definition) is 2. The van der Waals surface area contributed by atoms with Gasteiger partial charge >= 0.3 is 0 Å². The zero-order chi connectivity index (χ0) is 18.0. The highest BCUT2D eigenvalue weighted by Crippen LogP contribution is 2.33.